The third-order valence-corrected chi connectivity index (χ3v) is 3.72. The molecule has 2 aromatic rings. The second-order valence-electron chi connectivity index (χ2n) is 5.01. The van der Waals surface area contributed by atoms with E-state index in [4.69, 9.17) is 5.73 Å². The Morgan fingerprint density at radius 1 is 1.50 bits per heavy atom. The molecule has 2 N–H and O–H groups in total. The molecule has 0 saturated carbocycles. The van der Waals surface area contributed by atoms with Crippen LogP contribution in [0.1, 0.15) is 19.2 Å². The van der Waals surface area contributed by atoms with Gasteiger partial charge in [0.2, 0.25) is 0 Å². The fourth-order valence-electron chi connectivity index (χ4n) is 2.68. The second kappa shape index (κ2) is 4.57. The molecule has 18 heavy (non-hydrogen) atoms. The highest BCUT2D eigenvalue weighted by Gasteiger charge is 2.22. The van der Waals surface area contributed by atoms with E-state index in [-0.39, 0.29) is 0 Å². The molecule has 1 aliphatic rings. The van der Waals surface area contributed by atoms with Crippen LogP contribution in [-0.2, 0) is 6.42 Å². The molecule has 2 aromatic heterocycles. The van der Waals surface area contributed by atoms with Crippen molar-refractivity contribution in [2.24, 2.45) is 5.92 Å². The first-order valence-electron chi connectivity index (χ1n) is 6.58. The highest BCUT2D eigenvalue weighted by molar-refractivity contribution is 5.63. The standard InChI is InChI=1S/C13H19N5/c1-2-17-7-5-10(9-17)8-12-15-13-11(14)4-3-6-18(13)16-12/h3-4,6,10H,2,5,7-9,14H2,1H3. The Kier molecular flexibility index (Phi) is 2.91. The molecule has 0 aliphatic carbocycles. The van der Waals surface area contributed by atoms with E-state index in [2.05, 4.69) is 21.9 Å². The molecule has 1 atom stereocenters. The van der Waals surface area contributed by atoms with Gasteiger partial charge >= 0.3 is 0 Å². The molecule has 1 unspecified atom stereocenters. The number of nitrogens with two attached hydrogens (primary N) is 1. The first-order valence-corrected chi connectivity index (χ1v) is 6.58. The number of likely N-dealkylation sites (tertiary alicyclic amines) is 1. The van der Waals surface area contributed by atoms with Crippen molar-refractivity contribution >= 4 is 11.3 Å². The van der Waals surface area contributed by atoms with E-state index >= 15 is 0 Å². The van der Waals surface area contributed by atoms with Gasteiger partial charge in [0.05, 0.1) is 5.69 Å². The number of anilines is 1. The third kappa shape index (κ3) is 2.06. The number of fused-ring (bicyclic) bond motifs is 1. The molecule has 1 aliphatic heterocycles. The van der Waals surface area contributed by atoms with E-state index in [0.29, 0.717) is 11.6 Å². The largest absolute Gasteiger partial charge is 0.396 e. The van der Waals surface area contributed by atoms with Crippen molar-refractivity contribution in [3.05, 3.63) is 24.2 Å². The topological polar surface area (TPSA) is 59.5 Å². The lowest BCUT2D eigenvalue weighted by Crippen LogP contribution is -2.20. The van der Waals surface area contributed by atoms with Crippen LogP contribution in [0.25, 0.3) is 5.65 Å². The molecule has 5 heteroatoms. The maximum Gasteiger partial charge on any atom is 0.178 e. The smallest absolute Gasteiger partial charge is 0.178 e. The van der Waals surface area contributed by atoms with Crippen LogP contribution in [0.3, 0.4) is 0 Å². The maximum atomic E-state index is 5.89. The zero-order valence-electron chi connectivity index (χ0n) is 10.7. The molecular weight excluding hydrogens is 226 g/mol. The summed E-state index contributed by atoms with van der Waals surface area (Å²) in [7, 11) is 0. The van der Waals surface area contributed by atoms with Gasteiger partial charge in [-0.15, -0.1) is 0 Å². The minimum Gasteiger partial charge on any atom is -0.396 e. The predicted octanol–water partition coefficient (Wildman–Crippen LogP) is 1.20. The second-order valence-corrected chi connectivity index (χ2v) is 5.01. The molecular formula is C13H19N5. The zero-order chi connectivity index (χ0) is 12.5. The van der Waals surface area contributed by atoms with Crippen molar-refractivity contribution in [2.45, 2.75) is 19.8 Å². The minimum atomic E-state index is 0.684. The Morgan fingerprint density at radius 3 is 3.11 bits per heavy atom. The predicted molar refractivity (Wildman–Crippen MR) is 71.3 cm³/mol. The van der Waals surface area contributed by atoms with Gasteiger partial charge < -0.3 is 10.6 Å². The van der Waals surface area contributed by atoms with Crippen molar-refractivity contribution in [3.63, 3.8) is 0 Å². The first kappa shape index (κ1) is 11.5. The van der Waals surface area contributed by atoms with Crippen molar-refractivity contribution in [1.82, 2.24) is 19.5 Å². The lowest BCUT2D eigenvalue weighted by molar-refractivity contribution is 0.341. The van der Waals surface area contributed by atoms with Gasteiger partial charge in [0, 0.05) is 19.2 Å². The fourth-order valence-corrected chi connectivity index (χ4v) is 2.68. The van der Waals surface area contributed by atoms with E-state index < -0.39 is 0 Å². The van der Waals surface area contributed by atoms with Crippen molar-refractivity contribution in [1.29, 1.82) is 0 Å². The van der Waals surface area contributed by atoms with Crippen molar-refractivity contribution in [2.75, 3.05) is 25.4 Å². The number of nitrogens with zero attached hydrogens (tertiary/aromatic N) is 4. The van der Waals surface area contributed by atoms with E-state index in [0.717, 1.165) is 24.4 Å². The highest BCUT2D eigenvalue weighted by atomic mass is 15.3. The summed E-state index contributed by atoms with van der Waals surface area (Å²) < 4.78 is 1.78. The molecule has 0 amide bonds. The summed E-state index contributed by atoms with van der Waals surface area (Å²) in [6.45, 7) is 5.73. The normalized spacial score (nSPS) is 20.8. The zero-order valence-corrected chi connectivity index (χ0v) is 10.7. The van der Waals surface area contributed by atoms with E-state index in [1.54, 1.807) is 4.52 Å². The van der Waals surface area contributed by atoms with Gasteiger partial charge in [0.25, 0.3) is 0 Å². The van der Waals surface area contributed by atoms with Crippen LogP contribution < -0.4 is 5.73 Å². The summed E-state index contributed by atoms with van der Waals surface area (Å²) in [5, 5.41) is 4.49. The number of nitrogen functional groups attached to an aromatic ring is 1. The van der Waals surface area contributed by atoms with Crippen molar-refractivity contribution < 1.29 is 0 Å². The van der Waals surface area contributed by atoms with Crippen LogP contribution in [0.2, 0.25) is 0 Å². The molecule has 0 spiro atoms. The molecule has 1 fully saturated rings. The fraction of sp³-hybridized carbons (Fsp3) is 0.538. The summed E-state index contributed by atoms with van der Waals surface area (Å²) >= 11 is 0. The Morgan fingerprint density at radius 2 is 2.39 bits per heavy atom. The molecule has 0 bridgehead atoms. The summed E-state index contributed by atoms with van der Waals surface area (Å²) in [5.74, 6) is 1.60. The molecule has 0 radical (unpaired) electrons. The average molecular weight is 245 g/mol. The van der Waals surface area contributed by atoms with Gasteiger partial charge in [0.15, 0.2) is 11.5 Å². The van der Waals surface area contributed by atoms with Crippen LogP contribution in [0.4, 0.5) is 5.69 Å². The highest BCUT2D eigenvalue weighted by Crippen LogP contribution is 2.20. The van der Waals surface area contributed by atoms with E-state index in [9.17, 15) is 0 Å². The first-order chi connectivity index (χ1) is 8.76. The van der Waals surface area contributed by atoms with E-state index in [1.807, 2.05) is 18.3 Å². The quantitative estimate of drug-likeness (QED) is 0.882. The summed E-state index contributed by atoms with van der Waals surface area (Å²) in [6.07, 6.45) is 4.10. The van der Waals surface area contributed by atoms with Crippen LogP contribution in [0, 0.1) is 5.92 Å². The molecule has 5 nitrogen and oxygen atoms in total. The van der Waals surface area contributed by atoms with Gasteiger partial charge in [-0.25, -0.2) is 9.50 Å². The monoisotopic (exact) mass is 245 g/mol. The van der Waals surface area contributed by atoms with Gasteiger partial charge in [-0.1, -0.05) is 6.92 Å². The van der Waals surface area contributed by atoms with Gasteiger partial charge in [-0.3, -0.25) is 0 Å². The number of aromatic nitrogens is 3. The van der Waals surface area contributed by atoms with Crippen molar-refractivity contribution in [3.8, 4) is 0 Å². The SMILES string of the molecule is CCN1CCC(Cc2nc3c(N)cccn3n2)C1. The lowest BCUT2D eigenvalue weighted by Gasteiger charge is -2.11. The number of rotatable bonds is 3. The van der Waals surface area contributed by atoms with Crippen LogP contribution in [0.5, 0.6) is 0 Å². The van der Waals surface area contributed by atoms with E-state index in [1.165, 1.54) is 19.5 Å². The number of hydrogen-bond donors (Lipinski definition) is 1. The summed E-state index contributed by atoms with van der Waals surface area (Å²) in [6, 6.07) is 3.76. The number of pyridine rings is 1. The molecule has 0 aromatic carbocycles. The third-order valence-electron chi connectivity index (χ3n) is 3.72. The van der Waals surface area contributed by atoms with Gasteiger partial charge in [0.1, 0.15) is 0 Å². The maximum absolute atomic E-state index is 5.89. The Hall–Kier alpha value is -1.62. The summed E-state index contributed by atoms with van der Waals surface area (Å²) in [4.78, 5) is 7.02. The Bertz CT molecular complexity index is 547. The molecule has 96 valence electrons. The average Bonchev–Trinajstić information content (AvgIpc) is 2.96. The lowest BCUT2D eigenvalue weighted by atomic mass is 10.1. The Labute approximate surface area is 107 Å². The summed E-state index contributed by atoms with van der Waals surface area (Å²) in [5.41, 5.74) is 7.36. The number of hydrogen-bond acceptors (Lipinski definition) is 4. The molecule has 3 rings (SSSR count). The van der Waals surface area contributed by atoms with Gasteiger partial charge in [-0.2, -0.15) is 5.10 Å². The Balaban J connectivity index is 1.77. The molecule has 3 heterocycles. The van der Waals surface area contributed by atoms with Gasteiger partial charge in [-0.05, 0) is 37.6 Å². The minimum absolute atomic E-state index is 0.684. The van der Waals surface area contributed by atoms with Crippen LogP contribution in [-0.4, -0.2) is 39.1 Å². The molecule has 1 saturated heterocycles. The van der Waals surface area contributed by atoms with Crippen LogP contribution >= 0.6 is 0 Å². The van der Waals surface area contributed by atoms with Crippen LogP contribution in [0.15, 0.2) is 18.3 Å².